The number of likely N-dealkylation sites (tertiary alicyclic amines) is 1. The maximum absolute atomic E-state index is 11.5. The molecule has 2 aliphatic heterocycles. The molecule has 1 unspecified atom stereocenters. The number of esters is 1. The SMILES string of the molecule is COC(=O)c1cncc(N2CCC(N3CCCC3)C2)n1. The zero-order chi connectivity index (χ0) is 13.9. The molecule has 6 nitrogen and oxygen atoms in total. The van der Waals surface area contributed by atoms with Gasteiger partial charge in [-0.1, -0.05) is 0 Å². The molecule has 108 valence electrons. The number of aromatic nitrogens is 2. The van der Waals surface area contributed by atoms with E-state index in [4.69, 9.17) is 0 Å². The van der Waals surface area contributed by atoms with Crippen molar-refractivity contribution < 1.29 is 9.53 Å². The maximum Gasteiger partial charge on any atom is 0.358 e. The first kappa shape index (κ1) is 13.3. The summed E-state index contributed by atoms with van der Waals surface area (Å²) in [4.78, 5) is 24.7. The van der Waals surface area contributed by atoms with Crippen LogP contribution in [0.5, 0.6) is 0 Å². The van der Waals surface area contributed by atoms with E-state index in [1.165, 1.54) is 39.2 Å². The van der Waals surface area contributed by atoms with Crippen LogP contribution in [0.4, 0.5) is 5.82 Å². The summed E-state index contributed by atoms with van der Waals surface area (Å²) in [6.07, 6.45) is 6.95. The Morgan fingerprint density at radius 3 is 2.85 bits per heavy atom. The molecule has 6 heteroatoms. The fraction of sp³-hybridized carbons (Fsp3) is 0.643. The summed E-state index contributed by atoms with van der Waals surface area (Å²) in [5.74, 6) is 0.337. The standard InChI is InChI=1S/C14H20N4O2/c1-20-14(19)12-8-15-9-13(16-12)18-7-4-11(10-18)17-5-2-3-6-17/h8-9,11H,2-7,10H2,1H3. The summed E-state index contributed by atoms with van der Waals surface area (Å²) in [5, 5.41) is 0. The number of anilines is 1. The largest absolute Gasteiger partial charge is 0.464 e. The first-order valence-electron chi connectivity index (χ1n) is 7.17. The number of hydrogen-bond acceptors (Lipinski definition) is 6. The number of ether oxygens (including phenoxy) is 1. The van der Waals surface area contributed by atoms with Crippen LogP contribution in [-0.4, -0.2) is 60.2 Å². The lowest BCUT2D eigenvalue weighted by Gasteiger charge is -2.23. The molecule has 20 heavy (non-hydrogen) atoms. The monoisotopic (exact) mass is 276 g/mol. The van der Waals surface area contributed by atoms with E-state index >= 15 is 0 Å². The molecule has 0 radical (unpaired) electrons. The van der Waals surface area contributed by atoms with Crippen molar-refractivity contribution in [1.82, 2.24) is 14.9 Å². The molecular weight excluding hydrogens is 256 g/mol. The summed E-state index contributed by atoms with van der Waals surface area (Å²) >= 11 is 0. The Balaban J connectivity index is 1.69. The second-order valence-electron chi connectivity index (χ2n) is 5.39. The van der Waals surface area contributed by atoms with Crippen LogP contribution in [0.2, 0.25) is 0 Å². The lowest BCUT2D eigenvalue weighted by Crippen LogP contribution is -2.35. The van der Waals surface area contributed by atoms with Gasteiger partial charge in [-0.15, -0.1) is 0 Å². The molecule has 3 rings (SSSR count). The predicted molar refractivity (Wildman–Crippen MR) is 74.8 cm³/mol. The highest BCUT2D eigenvalue weighted by atomic mass is 16.5. The second kappa shape index (κ2) is 5.75. The number of carbonyl (C=O) groups excluding carboxylic acids is 1. The van der Waals surface area contributed by atoms with Crippen LogP contribution in [0.3, 0.4) is 0 Å². The molecule has 0 aliphatic carbocycles. The lowest BCUT2D eigenvalue weighted by molar-refractivity contribution is 0.0593. The highest BCUT2D eigenvalue weighted by molar-refractivity contribution is 5.87. The summed E-state index contributed by atoms with van der Waals surface area (Å²) in [7, 11) is 1.36. The van der Waals surface area contributed by atoms with Crippen LogP contribution in [-0.2, 0) is 4.74 Å². The quantitative estimate of drug-likeness (QED) is 0.766. The van der Waals surface area contributed by atoms with Gasteiger partial charge in [0, 0.05) is 19.1 Å². The zero-order valence-electron chi connectivity index (χ0n) is 11.8. The van der Waals surface area contributed by atoms with Gasteiger partial charge < -0.3 is 9.64 Å². The van der Waals surface area contributed by atoms with Gasteiger partial charge in [0.05, 0.1) is 19.5 Å². The summed E-state index contributed by atoms with van der Waals surface area (Å²) in [5.41, 5.74) is 0.273. The fourth-order valence-electron chi connectivity index (χ4n) is 3.07. The van der Waals surface area contributed by atoms with Crippen LogP contribution in [0.25, 0.3) is 0 Å². The Kier molecular flexibility index (Phi) is 3.82. The van der Waals surface area contributed by atoms with E-state index in [2.05, 4.69) is 24.5 Å². The molecule has 1 aromatic heterocycles. The van der Waals surface area contributed by atoms with Gasteiger partial charge in [-0.2, -0.15) is 0 Å². The van der Waals surface area contributed by atoms with Gasteiger partial charge in [0.15, 0.2) is 5.69 Å². The predicted octanol–water partition coefficient (Wildman–Crippen LogP) is 0.938. The molecular formula is C14H20N4O2. The molecule has 2 aliphatic rings. The van der Waals surface area contributed by atoms with Crippen molar-refractivity contribution in [2.24, 2.45) is 0 Å². The second-order valence-corrected chi connectivity index (χ2v) is 5.39. The third kappa shape index (κ3) is 2.60. The minimum Gasteiger partial charge on any atom is -0.464 e. The van der Waals surface area contributed by atoms with E-state index in [1.807, 2.05) is 0 Å². The third-order valence-corrected chi connectivity index (χ3v) is 4.16. The molecule has 3 heterocycles. The van der Waals surface area contributed by atoms with Gasteiger partial charge in [-0.25, -0.2) is 9.78 Å². The van der Waals surface area contributed by atoms with Gasteiger partial charge in [0.25, 0.3) is 0 Å². The number of carbonyl (C=O) groups is 1. The van der Waals surface area contributed by atoms with Crippen molar-refractivity contribution in [3.63, 3.8) is 0 Å². The Labute approximate surface area is 118 Å². The van der Waals surface area contributed by atoms with Crippen LogP contribution in [0.15, 0.2) is 12.4 Å². The molecule has 2 saturated heterocycles. The Hall–Kier alpha value is -1.69. The van der Waals surface area contributed by atoms with Crippen LogP contribution in [0, 0.1) is 0 Å². The molecule has 2 fully saturated rings. The zero-order valence-corrected chi connectivity index (χ0v) is 11.8. The summed E-state index contributed by atoms with van der Waals surface area (Å²) in [6.45, 7) is 4.37. The van der Waals surface area contributed by atoms with Crippen molar-refractivity contribution in [3.05, 3.63) is 18.1 Å². The van der Waals surface area contributed by atoms with E-state index in [1.54, 1.807) is 6.20 Å². The number of nitrogens with zero attached hydrogens (tertiary/aromatic N) is 4. The highest BCUT2D eigenvalue weighted by Gasteiger charge is 2.30. The van der Waals surface area contributed by atoms with E-state index in [0.717, 1.165) is 25.3 Å². The molecule has 1 atom stereocenters. The van der Waals surface area contributed by atoms with Gasteiger partial charge in [0.2, 0.25) is 0 Å². The van der Waals surface area contributed by atoms with Crippen LogP contribution in [0.1, 0.15) is 29.8 Å². The minimum atomic E-state index is -0.436. The van der Waals surface area contributed by atoms with E-state index in [0.29, 0.717) is 6.04 Å². The molecule has 0 bridgehead atoms. The summed E-state index contributed by atoms with van der Waals surface area (Å²) in [6, 6.07) is 0.612. The average molecular weight is 276 g/mol. The van der Waals surface area contributed by atoms with Gasteiger partial charge in [0.1, 0.15) is 5.82 Å². The van der Waals surface area contributed by atoms with Crippen LogP contribution < -0.4 is 4.90 Å². The summed E-state index contributed by atoms with van der Waals surface area (Å²) < 4.78 is 4.69. The van der Waals surface area contributed by atoms with Crippen molar-refractivity contribution in [1.29, 1.82) is 0 Å². The first-order valence-corrected chi connectivity index (χ1v) is 7.17. The van der Waals surface area contributed by atoms with Gasteiger partial charge in [-0.05, 0) is 32.4 Å². The number of hydrogen-bond donors (Lipinski definition) is 0. The normalized spacial score (nSPS) is 23.2. The van der Waals surface area contributed by atoms with Gasteiger partial charge in [-0.3, -0.25) is 9.88 Å². The topological polar surface area (TPSA) is 58.6 Å². The maximum atomic E-state index is 11.5. The highest BCUT2D eigenvalue weighted by Crippen LogP contribution is 2.23. The van der Waals surface area contributed by atoms with Gasteiger partial charge >= 0.3 is 5.97 Å². The Morgan fingerprint density at radius 1 is 1.30 bits per heavy atom. The van der Waals surface area contributed by atoms with Crippen LogP contribution >= 0.6 is 0 Å². The van der Waals surface area contributed by atoms with Crippen molar-refractivity contribution in [2.75, 3.05) is 38.2 Å². The number of rotatable bonds is 3. The number of methoxy groups -OCH3 is 1. The molecule has 0 spiro atoms. The third-order valence-electron chi connectivity index (χ3n) is 4.16. The van der Waals surface area contributed by atoms with Crippen molar-refractivity contribution in [3.8, 4) is 0 Å². The first-order chi connectivity index (χ1) is 9.78. The van der Waals surface area contributed by atoms with E-state index in [-0.39, 0.29) is 5.69 Å². The van der Waals surface area contributed by atoms with Crippen molar-refractivity contribution >= 4 is 11.8 Å². The minimum absolute atomic E-state index is 0.273. The average Bonchev–Trinajstić information content (AvgIpc) is 3.17. The Bertz CT molecular complexity index is 488. The fourth-order valence-corrected chi connectivity index (χ4v) is 3.07. The molecule has 0 amide bonds. The van der Waals surface area contributed by atoms with E-state index in [9.17, 15) is 4.79 Å². The Morgan fingerprint density at radius 2 is 2.10 bits per heavy atom. The lowest BCUT2D eigenvalue weighted by atomic mass is 10.2. The molecule has 0 aromatic carbocycles. The van der Waals surface area contributed by atoms with E-state index < -0.39 is 5.97 Å². The smallest absolute Gasteiger partial charge is 0.358 e. The molecule has 1 aromatic rings. The van der Waals surface area contributed by atoms with Crippen molar-refractivity contribution in [2.45, 2.75) is 25.3 Å². The molecule has 0 N–H and O–H groups in total. The molecule has 0 saturated carbocycles.